The molecule has 0 aliphatic carbocycles. The molecule has 8 nitrogen and oxygen atoms in total. The minimum atomic E-state index is -0.591. The van der Waals surface area contributed by atoms with E-state index in [-0.39, 0.29) is 28.6 Å². The Morgan fingerprint density at radius 2 is 2.14 bits per heavy atom. The van der Waals surface area contributed by atoms with E-state index in [0.717, 1.165) is 0 Å². The number of nitrogens with one attached hydrogen (secondary N) is 1. The third-order valence-electron chi connectivity index (χ3n) is 3.71. The summed E-state index contributed by atoms with van der Waals surface area (Å²) in [6.07, 6.45) is 2.76. The van der Waals surface area contributed by atoms with E-state index < -0.39 is 10.8 Å². The highest BCUT2D eigenvalue weighted by Gasteiger charge is 2.16. The van der Waals surface area contributed by atoms with Gasteiger partial charge in [-0.2, -0.15) is 5.26 Å². The summed E-state index contributed by atoms with van der Waals surface area (Å²) < 4.78 is 10.7. The third-order valence-corrected chi connectivity index (χ3v) is 4.03. The van der Waals surface area contributed by atoms with Gasteiger partial charge in [0.05, 0.1) is 17.7 Å². The van der Waals surface area contributed by atoms with E-state index in [1.165, 1.54) is 24.5 Å². The van der Waals surface area contributed by atoms with Gasteiger partial charge >= 0.3 is 0 Å². The van der Waals surface area contributed by atoms with E-state index in [9.17, 15) is 20.2 Å². The fourth-order valence-electron chi connectivity index (χ4n) is 2.36. The molecule has 1 aromatic carbocycles. The van der Waals surface area contributed by atoms with Crippen LogP contribution in [0.1, 0.15) is 11.5 Å². The Labute approximate surface area is 163 Å². The van der Waals surface area contributed by atoms with E-state index in [2.05, 4.69) is 5.32 Å². The van der Waals surface area contributed by atoms with Gasteiger partial charge in [-0.3, -0.25) is 14.9 Å². The highest BCUT2D eigenvalue weighted by atomic mass is 35.5. The highest BCUT2D eigenvalue weighted by Crippen LogP contribution is 2.31. The summed E-state index contributed by atoms with van der Waals surface area (Å²) in [5.74, 6) is 0.547. The summed E-state index contributed by atoms with van der Waals surface area (Å²) in [5.41, 5.74) is 0.0359. The van der Waals surface area contributed by atoms with Gasteiger partial charge in [0.25, 0.3) is 11.6 Å². The van der Waals surface area contributed by atoms with Crippen molar-refractivity contribution in [1.29, 1.82) is 5.26 Å². The first-order chi connectivity index (χ1) is 13.5. The average Bonchev–Trinajstić information content (AvgIpc) is 3.36. The van der Waals surface area contributed by atoms with Gasteiger partial charge in [0.2, 0.25) is 0 Å². The number of nitrogens with zero attached hydrogens (tertiary/aromatic N) is 2. The molecule has 0 aliphatic rings. The molecule has 0 spiro atoms. The number of nitriles is 1. The molecule has 0 bridgehead atoms. The first-order valence-electron chi connectivity index (χ1n) is 7.94. The van der Waals surface area contributed by atoms with Crippen LogP contribution in [0.25, 0.3) is 17.4 Å². The summed E-state index contributed by atoms with van der Waals surface area (Å²) >= 11 is 5.80. The molecule has 0 aliphatic heterocycles. The van der Waals surface area contributed by atoms with E-state index in [1.54, 1.807) is 30.3 Å². The Hall–Kier alpha value is -3.83. The predicted octanol–water partition coefficient (Wildman–Crippen LogP) is 4.32. The number of benzene rings is 1. The maximum atomic E-state index is 12.1. The fourth-order valence-corrected chi connectivity index (χ4v) is 2.54. The van der Waals surface area contributed by atoms with Gasteiger partial charge in [-0.15, -0.1) is 0 Å². The molecule has 140 valence electrons. The average molecular weight is 398 g/mol. The largest absolute Gasteiger partial charge is 0.467 e. The van der Waals surface area contributed by atoms with Crippen molar-refractivity contribution in [2.75, 3.05) is 0 Å². The Morgan fingerprint density at radius 3 is 2.82 bits per heavy atom. The lowest BCUT2D eigenvalue weighted by atomic mass is 10.1. The number of hydrogen-bond donors (Lipinski definition) is 1. The lowest BCUT2D eigenvalue weighted by Gasteiger charge is -2.01. The van der Waals surface area contributed by atoms with Crippen LogP contribution in [0, 0.1) is 21.4 Å². The van der Waals surface area contributed by atoms with Crippen LogP contribution in [-0.4, -0.2) is 10.8 Å². The summed E-state index contributed by atoms with van der Waals surface area (Å²) in [6.45, 7) is 0.142. The molecule has 2 aromatic heterocycles. The number of halogens is 1. The maximum absolute atomic E-state index is 12.1. The summed E-state index contributed by atoms with van der Waals surface area (Å²) in [4.78, 5) is 22.6. The Morgan fingerprint density at radius 1 is 1.32 bits per heavy atom. The van der Waals surface area contributed by atoms with Gasteiger partial charge in [0.1, 0.15) is 33.9 Å². The zero-order chi connectivity index (χ0) is 20.1. The van der Waals surface area contributed by atoms with Crippen molar-refractivity contribution >= 4 is 29.3 Å². The van der Waals surface area contributed by atoms with Crippen LogP contribution in [0.3, 0.4) is 0 Å². The fraction of sp³-hybridized carbons (Fsp3) is 0.0526. The molecule has 0 radical (unpaired) electrons. The number of carbonyl (C=O) groups is 1. The lowest BCUT2D eigenvalue weighted by molar-refractivity contribution is -0.384. The zero-order valence-corrected chi connectivity index (χ0v) is 15.0. The summed E-state index contributed by atoms with van der Waals surface area (Å²) in [7, 11) is 0. The lowest BCUT2D eigenvalue weighted by Crippen LogP contribution is -2.23. The van der Waals surface area contributed by atoms with Gasteiger partial charge in [-0.05, 0) is 36.4 Å². The van der Waals surface area contributed by atoms with Crippen LogP contribution in [0.4, 0.5) is 5.69 Å². The molecule has 0 fully saturated rings. The monoisotopic (exact) mass is 397 g/mol. The topological polar surface area (TPSA) is 122 Å². The normalized spacial score (nSPS) is 11.1. The first kappa shape index (κ1) is 18.9. The van der Waals surface area contributed by atoms with E-state index >= 15 is 0 Å². The molecule has 0 unspecified atom stereocenters. The van der Waals surface area contributed by atoms with E-state index in [1.807, 2.05) is 6.07 Å². The summed E-state index contributed by atoms with van der Waals surface area (Å²) in [6, 6.07) is 12.6. The minimum absolute atomic E-state index is 0.0143. The zero-order valence-electron chi connectivity index (χ0n) is 14.2. The third kappa shape index (κ3) is 4.28. The number of hydrogen-bond acceptors (Lipinski definition) is 6. The van der Waals surface area contributed by atoms with Crippen molar-refractivity contribution < 1.29 is 18.6 Å². The molecule has 3 rings (SSSR count). The van der Waals surface area contributed by atoms with Gasteiger partial charge < -0.3 is 14.2 Å². The predicted molar refractivity (Wildman–Crippen MR) is 100.0 cm³/mol. The van der Waals surface area contributed by atoms with Crippen LogP contribution in [0.15, 0.2) is 63.1 Å². The first-order valence-corrected chi connectivity index (χ1v) is 8.32. The number of carbonyl (C=O) groups excluding carboxylic acids is 1. The van der Waals surface area contributed by atoms with Crippen molar-refractivity contribution in [2.24, 2.45) is 0 Å². The van der Waals surface area contributed by atoms with E-state index in [0.29, 0.717) is 17.1 Å². The number of nitro benzene ring substituents is 1. The van der Waals surface area contributed by atoms with Gasteiger partial charge in [0.15, 0.2) is 0 Å². The van der Waals surface area contributed by atoms with Gasteiger partial charge in [-0.1, -0.05) is 11.6 Å². The molecule has 0 atom stereocenters. The van der Waals surface area contributed by atoms with Gasteiger partial charge in [-0.25, -0.2) is 0 Å². The van der Waals surface area contributed by atoms with Crippen LogP contribution in [0.5, 0.6) is 0 Å². The second-order valence-electron chi connectivity index (χ2n) is 5.56. The smallest absolute Gasteiger partial charge is 0.288 e. The quantitative estimate of drug-likeness (QED) is 0.286. The molecule has 3 aromatic rings. The minimum Gasteiger partial charge on any atom is -0.467 e. The second kappa shape index (κ2) is 8.24. The van der Waals surface area contributed by atoms with E-state index in [4.69, 9.17) is 20.4 Å². The summed E-state index contributed by atoms with van der Waals surface area (Å²) in [5, 5.41) is 22.8. The van der Waals surface area contributed by atoms with Crippen LogP contribution >= 0.6 is 11.6 Å². The molecule has 0 saturated carbocycles. The molecule has 0 saturated heterocycles. The van der Waals surface area contributed by atoms with Gasteiger partial charge in [0, 0.05) is 17.7 Å². The molecule has 28 heavy (non-hydrogen) atoms. The number of nitro groups is 1. The number of furan rings is 2. The molecular weight excluding hydrogens is 386 g/mol. The Balaban J connectivity index is 1.78. The Kier molecular flexibility index (Phi) is 5.58. The van der Waals surface area contributed by atoms with Crippen molar-refractivity contribution in [1.82, 2.24) is 5.32 Å². The second-order valence-corrected chi connectivity index (χ2v) is 5.96. The van der Waals surface area contributed by atoms with Crippen LogP contribution < -0.4 is 5.32 Å². The van der Waals surface area contributed by atoms with Crippen LogP contribution in [-0.2, 0) is 11.3 Å². The molecule has 1 N–H and O–H groups in total. The number of rotatable bonds is 6. The standard InChI is InChI=1S/C19H12ClN3O5/c20-16-5-3-12(9-17(16)23(25)26)18-6-4-14(28-18)8-13(10-21)19(24)22-11-15-2-1-7-27-15/h1-9H,11H2,(H,22,24). The molecule has 1 amide bonds. The Bertz CT molecular complexity index is 1090. The highest BCUT2D eigenvalue weighted by molar-refractivity contribution is 6.32. The van der Waals surface area contributed by atoms with Crippen LogP contribution in [0.2, 0.25) is 5.02 Å². The number of amides is 1. The van der Waals surface area contributed by atoms with Crippen molar-refractivity contribution in [3.63, 3.8) is 0 Å². The molecule has 2 heterocycles. The molecular formula is C19H12ClN3O5. The SMILES string of the molecule is N#CC(=Cc1ccc(-c2ccc(Cl)c([N+](=O)[O-])c2)o1)C(=O)NCc1ccco1. The van der Waals surface area contributed by atoms with Crippen molar-refractivity contribution in [2.45, 2.75) is 6.54 Å². The van der Waals surface area contributed by atoms with Crippen molar-refractivity contribution in [3.05, 3.63) is 81.0 Å². The molecule has 9 heteroatoms. The maximum Gasteiger partial charge on any atom is 0.288 e. The van der Waals surface area contributed by atoms with Crippen molar-refractivity contribution in [3.8, 4) is 17.4 Å².